The van der Waals surface area contributed by atoms with Crippen molar-refractivity contribution in [1.29, 1.82) is 0 Å². The van der Waals surface area contributed by atoms with Gasteiger partial charge in [-0.1, -0.05) is 52.3 Å². The molecule has 0 aromatic rings. The topological polar surface area (TPSA) is 18.5 Å². The average Bonchev–Trinajstić information content (AvgIpc) is 2.22. The molecule has 0 fully saturated rings. The molecule has 5 heteroatoms. The predicted molar refractivity (Wildman–Crippen MR) is 83.4 cm³/mol. The molecular formula is C12H27O2PS2. The van der Waals surface area contributed by atoms with Crippen LogP contribution in [-0.4, -0.2) is 12.7 Å². The van der Waals surface area contributed by atoms with Crippen molar-refractivity contribution < 1.29 is 9.05 Å². The summed E-state index contributed by atoms with van der Waals surface area (Å²) in [4.78, 5) is 0. The zero-order valence-electron chi connectivity index (χ0n) is 11.5. The lowest BCUT2D eigenvalue weighted by Crippen LogP contribution is -2.04. The third-order valence-corrected chi connectivity index (χ3v) is 4.91. The van der Waals surface area contributed by atoms with E-state index in [4.69, 9.17) is 20.9 Å². The Morgan fingerprint density at radius 2 is 1.82 bits per heavy atom. The van der Waals surface area contributed by atoms with Crippen LogP contribution in [0.1, 0.15) is 59.8 Å². The second-order valence-corrected chi connectivity index (χ2v) is 10.1. The molecule has 0 bridgehead atoms. The number of hydrogen-bond acceptors (Lipinski definition) is 3. The molecule has 0 saturated carbocycles. The Kier molecular flexibility index (Phi) is 10.3. The third kappa shape index (κ3) is 11.7. The molecule has 2 unspecified atom stereocenters. The van der Waals surface area contributed by atoms with Gasteiger partial charge in [-0.15, -0.1) is 0 Å². The number of rotatable bonds is 10. The summed E-state index contributed by atoms with van der Waals surface area (Å²) >= 11 is 9.56. The van der Waals surface area contributed by atoms with E-state index in [9.17, 15) is 0 Å². The van der Waals surface area contributed by atoms with Gasteiger partial charge in [-0.05, 0) is 37.5 Å². The highest BCUT2D eigenvalue weighted by Gasteiger charge is 2.15. The molecule has 0 N–H and O–H groups in total. The molecule has 0 aliphatic heterocycles. The van der Waals surface area contributed by atoms with Gasteiger partial charge in [0, 0.05) is 0 Å². The SMILES string of the molecule is CCC(C)OP(=S)(S)OCCCCCC(C)C. The van der Waals surface area contributed by atoms with E-state index in [1.54, 1.807) is 0 Å². The monoisotopic (exact) mass is 298 g/mol. The van der Waals surface area contributed by atoms with Crippen LogP contribution in [0.3, 0.4) is 0 Å². The standard InChI is InChI=1S/C12H27O2PS2/c1-5-12(4)14-15(16,17)13-10-8-6-7-9-11(2)3/h11-12H,5-10H2,1-4H3,(H,16,17). The van der Waals surface area contributed by atoms with Gasteiger partial charge in [-0.25, -0.2) is 0 Å². The Bertz CT molecular complexity index is 235. The highest BCUT2D eigenvalue weighted by atomic mass is 32.9. The van der Waals surface area contributed by atoms with Crippen molar-refractivity contribution in [3.8, 4) is 0 Å². The molecule has 0 aliphatic carbocycles. The molecule has 0 saturated heterocycles. The van der Waals surface area contributed by atoms with Gasteiger partial charge in [0.1, 0.15) is 0 Å². The largest absolute Gasteiger partial charge is 0.322 e. The van der Waals surface area contributed by atoms with E-state index >= 15 is 0 Å². The molecule has 0 aliphatic rings. The van der Waals surface area contributed by atoms with Gasteiger partial charge >= 0.3 is 0 Å². The van der Waals surface area contributed by atoms with Crippen molar-refractivity contribution in [2.75, 3.05) is 6.61 Å². The lowest BCUT2D eigenvalue weighted by atomic mass is 10.1. The van der Waals surface area contributed by atoms with Crippen molar-refractivity contribution in [2.45, 2.75) is 65.9 Å². The van der Waals surface area contributed by atoms with Crippen LogP contribution in [0.5, 0.6) is 0 Å². The molecule has 17 heavy (non-hydrogen) atoms. The minimum atomic E-state index is -2.31. The second-order valence-electron chi connectivity index (χ2n) is 4.87. The van der Waals surface area contributed by atoms with E-state index in [1.807, 2.05) is 6.92 Å². The Morgan fingerprint density at radius 3 is 2.35 bits per heavy atom. The number of hydrogen-bond donors (Lipinski definition) is 1. The van der Waals surface area contributed by atoms with Crippen LogP contribution >= 0.6 is 17.9 Å². The predicted octanol–water partition coefficient (Wildman–Crippen LogP) is 5.19. The molecule has 0 spiro atoms. The smallest absolute Gasteiger partial charge is 0.244 e. The van der Waals surface area contributed by atoms with E-state index in [2.05, 4.69) is 33.0 Å². The molecule has 0 aromatic carbocycles. The van der Waals surface area contributed by atoms with Crippen molar-refractivity contribution in [3.05, 3.63) is 0 Å². The van der Waals surface area contributed by atoms with Gasteiger partial charge in [-0.2, -0.15) is 0 Å². The molecule has 0 amide bonds. The number of thiol groups is 1. The Hall–Kier alpha value is 0.920. The van der Waals surface area contributed by atoms with Gasteiger partial charge in [-0.3, -0.25) is 0 Å². The van der Waals surface area contributed by atoms with Gasteiger partial charge in [0.25, 0.3) is 0 Å². The summed E-state index contributed by atoms with van der Waals surface area (Å²) in [5.41, 5.74) is -2.31. The van der Waals surface area contributed by atoms with Crippen LogP contribution in [0.15, 0.2) is 0 Å². The fraction of sp³-hybridized carbons (Fsp3) is 1.00. The maximum atomic E-state index is 5.60. The van der Waals surface area contributed by atoms with Gasteiger partial charge in [0.2, 0.25) is 5.69 Å². The molecule has 2 nitrogen and oxygen atoms in total. The fourth-order valence-corrected chi connectivity index (χ4v) is 3.76. The molecule has 0 rings (SSSR count). The van der Waals surface area contributed by atoms with Crippen LogP contribution in [0, 0.1) is 5.92 Å². The van der Waals surface area contributed by atoms with Crippen LogP contribution in [0.2, 0.25) is 0 Å². The van der Waals surface area contributed by atoms with Crippen molar-refractivity contribution in [1.82, 2.24) is 0 Å². The zero-order chi connectivity index (χ0) is 13.3. The first kappa shape index (κ1) is 17.9. The first-order valence-corrected chi connectivity index (χ1v) is 10.3. The van der Waals surface area contributed by atoms with Gasteiger partial charge in [0.15, 0.2) is 0 Å². The van der Waals surface area contributed by atoms with Gasteiger partial charge in [0.05, 0.1) is 12.7 Å². The fourth-order valence-electron chi connectivity index (χ4n) is 1.34. The molecule has 0 aromatic heterocycles. The minimum absolute atomic E-state index is 0.138. The van der Waals surface area contributed by atoms with Crippen LogP contribution in [0.25, 0.3) is 0 Å². The average molecular weight is 298 g/mol. The Balaban J connectivity index is 3.55. The quantitative estimate of drug-likeness (QED) is 0.340. The highest BCUT2D eigenvalue weighted by molar-refractivity contribution is 8.60. The van der Waals surface area contributed by atoms with Crippen molar-refractivity contribution >= 4 is 29.7 Å². The van der Waals surface area contributed by atoms with E-state index in [1.165, 1.54) is 19.3 Å². The maximum Gasteiger partial charge on any atom is 0.244 e. The summed E-state index contributed by atoms with van der Waals surface area (Å²) in [6.07, 6.45) is 5.89. The number of unbranched alkanes of at least 4 members (excludes halogenated alkanes) is 2. The van der Waals surface area contributed by atoms with Crippen molar-refractivity contribution in [2.24, 2.45) is 5.92 Å². The zero-order valence-corrected chi connectivity index (χ0v) is 14.1. The second kappa shape index (κ2) is 9.80. The summed E-state index contributed by atoms with van der Waals surface area (Å²) in [5.74, 6) is 0.792. The van der Waals surface area contributed by atoms with E-state index in [0.29, 0.717) is 6.61 Å². The van der Waals surface area contributed by atoms with Crippen LogP contribution in [0.4, 0.5) is 0 Å². The van der Waals surface area contributed by atoms with E-state index in [-0.39, 0.29) is 6.10 Å². The molecule has 0 heterocycles. The third-order valence-electron chi connectivity index (χ3n) is 2.57. The molecular weight excluding hydrogens is 271 g/mol. The van der Waals surface area contributed by atoms with Crippen LogP contribution < -0.4 is 0 Å². The van der Waals surface area contributed by atoms with Gasteiger partial charge < -0.3 is 9.05 Å². The van der Waals surface area contributed by atoms with E-state index in [0.717, 1.165) is 18.8 Å². The minimum Gasteiger partial charge on any atom is -0.322 e. The molecule has 2 atom stereocenters. The summed E-state index contributed by atoms with van der Waals surface area (Å²) < 4.78 is 11.2. The maximum absolute atomic E-state index is 5.60. The summed E-state index contributed by atoms with van der Waals surface area (Å²) in [6.45, 7) is 9.26. The van der Waals surface area contributed by atoms with Crippen molar-refractivity contribution in [3.63, 3.8) is 0 Å². The summed E-state index contributed by atoms with van der Waals surface area (Å²) in [6, 6.07) is 0. The Labute approximate surface area is 117 Å². The molecule has 104 valence electrons. The molecule has 0 radical (unpaired) electrons. The lowest BCUT2D eigenvalue weighted by Gasteiger charge is -2.20. The first-order chi connectivity index (χ1) is 7.87. The van der Waals surface area contributed by atoms with E-state index < -0.39 is 5.69 Å². The summed E-state index contributed by atoms with van der Waals surface area (Å²) in [5, 5.41) is 0. The highest BCUT2D eigenvalue weighted by Crippen LogP contribution is 2.54. The Morgan fingerprint density at radius 1 is 1.18 bits per heavy atom. The summed E-state index contributed by atoms with van der Waals surface area (Å²) in [7, 11) is 0. The lowest BCUT2D eigenvalue weighted by molar-refractivity contribution is 0.195. The normalized spacial score (nSPS) is 17.1. The van der Waals surface area contributed by atoms with Crippen LogP contribution in [-0.2, 0) is 20.9 Å². The first-order valence-electron chi connectivity index (χ1n) is 6.53.